The minimum absolute atomic E-state index is 0.760. The first-order valence-electron chi connectivity index (χ1n) is 7.74. The van der Waals surface area contributed by atoms with Crippen LogP contribution in [-0.4, -0.2) is 13.4 Å². The zero-order valence-corrected chi connectivity index (χ0v) is 17.3. The Labute approximate surface area is 167 Å². The minimum atomic E-state index is 0.760. The molecule has 0 aliphatic heterocycles. The van der Waals surface area contributed by atoms with E-state index in [-0.39, 0.29) is 0 Å². The summed E-state index contributed by atoms with van der Waals surface area (Å²) in [7, 11) is 1.63. The molecule has 138 valence electrons. The Hall–Kier alpha value is -2.31. The summed E-state index contributed by atoms with van der Waals surface area (Å²) < 4.78 is 5.94. The summed E-state index contributed by atoms with van der Waals surface area (Å²) in [5.41, 5.74) is 18.7. The van der Waals surface area contributed by atoms with Crippen molar-refractivity contribution >= 4 is 44.8 Å². The van der Waals surface area contributed by atoms with E-state index in [9.17, 15) is 0 Å². The molecule has 0 radical (unpaired) electrons. The molecule has 0 aliphatic rings. The number of hydrogen-bond acceptors (Lipinski definition) is 5. The molecule has 0 unspecified atom stereocenters. The molecule has 0 spiro atoms. The van der Waals surface area contributed by atoms with E-state index in [0.717, 1.165) is 27.3 Å². The van der Waals surface area contributed by atoms with Crippen LogP contribution in [0.15, 0.2) is 82.2 Å². The standard InChI is InChI=1S/C7H9NO.C7H9NS.C6H6BrN/c2*1-9-7-4-2-6(8)3-5-7;7-5-2-1-3-6(8)4-5/h2*2-5H,8H2,1H3;1-4H,8H2. The van der Waals surface area contributed by atoms with E-state index in [4.69, 9.17) is 21.9 Å². The molecular formula is C20H24BrN3OS. The minimum Gasteiger partial charge on any atom is -0.497 e. The van der Waals surface area contributed by atoms with E-state index in [1.165, 1.54) is 4.90 Å². The third-order valence-electron chi connectivity index (χ3n) is 3.08. The van der Waals surface area contributed by atoms with Crippen molar-refractivity contribution in [1.29, 1.82) is 0 Å². The molecule has 0 atom stereocenters. The Morgan fingerprint density at radius 1 is 0.769 bits per heavy atom. The van der Waals surface area contributed by atoms with E-state index < -0.39 is 0 Å². The normalized spacial score (nSPS) is 9.19. The van der Waals surface area contributed by atoms with Crippen LogP contribution in [0.2, 0.25) is 0 Å². The quantitative estimate of drug-likeness (QED) is 0.376. The molecule has 6 N–H and O–H groups in total. The van der Waals surface area contributed by atoms with Gasteiger partial charge < -0.3 is 21.9 Å². The van der Waals surface area contributed by atoms with Crippen molar-refractivity contribution < 1.29 is 4.74 Å². The molecule has 3 aromatic carbocycles. The maximum Gasteiger partial charge on any atom is 0.119 e. The Morgan fingerprint density at radius 2 is 1.31 bits per heavy atom. The average Bonchev–Trinajstić information content (AvgIpc) is 2.64. The van der Waals surface area contributed by atoms with Gasteiger partial charge in [0.05, 0.1) is 7.11 Å². The number of anilines is 3. The second-order valence-electron chi connectivity index (χ2n) is 5.10. The zero-order chi connectivity index (χ0) is 19.4. The number of halogens is 1. The Kier molecular flexibility index (Phi) is 10.1. The van der Waals surface area contributed by atoms with Crippen LogP contribution in [0, 0.1) is 0 Å². The van der Waals surface area contributed by atoms with Gasteiger partial charge in [0.1, 0.15) is 5.75 Å². The van der Waals surface area contributed by atoms with Crippen LogP contribution in [0.3, 0.4) is 0 Å². The zero-order valence-electron chi connectivity index (χ0n) is 14.9. The molecular weight excluding hydrogens is 410 g/mol. The van der Waals surface area contributed by atoms with Gasteiger partial charge in [0.25, 0.3) is 0 Å². The first-order chi connectivity index (χ1) is 12.4. The van der Waals surface area contributed by atoms with Gasteiger partial charge in [-0.2, -0.15) is 0 Å². The molecule has 26 heavy (non-hydrogen) atoms. The fourth-order valence-corrected chi connectivity index (χ4v) is 2.54. The van der Waals surface area contributed by atoms with Crippen molar-refractivity contribution in [3.63, 3.8) is 0 Å². The molecule has 0 bridgehead atoms. The van der Waals surface area contributed by atoms with Gasteiger partial charge in [0.2, 0.25) is 0 Å². The average molecular weight is 434 g/mol. The molecule has 6 heteroatoms. The lowest BCUT2D eigenvalue weighted by molar-refractivity contribution is 0.415. The lowest BCUT2D eigenvalue weighted by Crippen LogP contribution is -1.84. The highest BCUT2D eigenvalue weighted by molar-refractivity contribution is 9.10. The van der Waals surface area contributed by atoms with Crippen LogP contribution in [0.5, 0.6) is 5.75 Å². The van der Waals surface area contributed by atoms with Crippen LogP contribution >= 0.6 is 27.7 Å². The molecule has 0 heterocycles. The van der Waals surface area contributed by atoms with Crippen LogP contribution in [0.1, 0.15) is 0 Å². The maximum absolute atomic E-state index is 5.47. The first kappa shape index (κ1) is 21.7. The second kappa shape index (κ2) is 12.1. The molecule has 0 saturated heterocycles. The van der Waals surface area contributed by atoms with E-state index in [1.54, 1.807) is 31.0 Å². The highest BCUT2D eigenvalue weighted by Gasteiger charge is 1.87. The summed E-state index contributed by atoms with van der Waals surface area (Å²) in [5, 5.41) is 0. The van der Waals surface area contributed by atoms with Crippen molar-refractivity contribution in [3.8, 4) is 5.75 Å². The molecule has 3 rings (SSSR count). The number of ether oxygens (including phenoxy) is 1. The van der Waals surface area contributed by atoms with Gasteiger partial charge in [0, 0.05) is 26.4 Å². The molecule has 0 fully saturated rings. The number of nitrogen functional groups attached to an aromatic ring is 3. The van der Waals surface area contributed by atoms with Crippen molar-refractivity contribution in [2.24, 2.45) is 0 Å². The largest absolute Gasteiger partial charge is 0.497 e. The van der Waals surface area contributed by atoms with Crippen LogP contribution < -0.4 is 21.9 Å². The predicted molar refractivity (Wildman–Crippen MR) is 119 cm³/mol. The van der Waals surface area contributed by atoms with Gasteiger partial charge in [-0.15, -0.1) is 11.8 Å². The number of nitrogens with two attached hydrogens (primary N) is 3. The highest BCUT2D eigenvalue weighted by atomic mass is 79.9. The Morgan fingerprint density at radius 3 is 1.69 bits per heavy atom. The summed E-state index contributed by atoms with van der Waals surface area (Å²) in [5.74, 6) is 0.837. The predicted octanol–water partition coefficient (Wildman–Crippen LogP) is 5.30. The lowest BCUT2D eigenvalue weighted by atomic mass is 10.3. The number of benzene rings is 3. The van der Waals surface area contributed by atoms with Crippen molar-refractivity contribution in [3.05, 3.63) is 77.3 Å². The SMILES string of the molecule is COc1ccc(N)cc1.CSc1ccc(N)cc1.Nc1cccc(Br)c1. The maximum atomic E-state index is 5.47. The number of rotatable bonds is 2. The molecule has 0 aromatic heterocycles. The lowest BCUT2D eigenvalue weighted by Gasteiger charge is -1.97. The fraction of sp³-hybridized carbons (Fsp3) is 0.100. The van der Waals surface area contributed by atoms with Gasteiger partial charge in [-0.3, -0.25) is 0 Å². The second-order valence-corrected chi connectivity index (χ2v) is 6.90. The topological polar surface area (TPSA) is 87.3 Å². The first-order valence-corrected chi connectivity index (χ1v) is 9.76. The summed E-state index contributed by atoms with van der Waals surface area (Å²) in [4.78, 5) is 1.25. The van der Waals surface area contributed by atoms with Crippen LogP contribution in [0.4, 0.5) is 17.1 Å². The fourth-order valence-electron chi connectivity index (χ4n) is 1.71. The molecule has 0 amide bonds. The molecule has 4 nitrogen and oxygen atoms in total. The van der Waals surface area contributed by atoms with Crippen molar-refractivity contribution in [2.75, 3.05) is 30.6 Å². The number of hydrogen-bond donors (Lipinski definition) is 3. The van der Waals surface area contributed by atoms with E-state index in [1.807, 2.05) is 66.9 Å². The molecule has 0 saturated carbocycles. The highest BCUT2D eigenvalue weighted by Crippen LogP contribution is 2.15. The van der Waals surface area contributed by atoms with Crippen molar-refractivity contribution in [2.45, 2.75) is 4.90 Å². The van der Waals surface area contributed by atoms with Crippen LogP contribution in [-0.2, 0) is 0 Å². The van der Waals surface area contributed by atoms with Gasteiger partial charge >= 0.3 is 0 Å². The molecule has 3 aromatic rings. The van der Waals surface area contributed by atoms with Gasteiger partial charge in [-0.1, -0.05) is 22.0 Å². The van der Waals surface area contributed by atoms with Gasteiger partial charge in [-0.05, 0) is 73.0 Å². The summed E-state index contributed by atoms with van der Waals surface area (Å²) >= 11 is 5.00. The number of thioether (sulfide) groups is 1. The van der Waals surface area contributed by atoms with E-state index in [0.29, 0.717) is 0 Å². The summed E-state index contributed by atoms with van der Waals surface area (Å²) in [6.07, 6.45) is 2.05. The Balaban J connectivity index is 0.000000195. The molecule has 0 aliphatic carbocycles. The monoisotopic (exact) mass is 433 g/mol. The van der Waals surface area contributed by atoms with Gasteiger partial charge in [0.15, 0.2) is 0 Å². The van der Waals surface area contributed by atoms with Crippen molar-refractivity contribution in [1.82, 2.24) is 0 Å². The summed E-state index contributed by atoms with van der Waals surface area (Å²) in [6, 6.07) is 22.7. The smallest absolute Gasteiger partial charge is 0.119 e. The Bertz CT molecular complexity index is 702. The van der Waals surface area contributed by atoms with Crippen LogP contribution in [0.25, 0.3) is 0 Å². The van der Waals surface area contributed by atoms with E-state index >= 15 is 0 Å². The van der Waals surface area contributed by atoms with Gasteiger partial charge in [-0.25, -0.2) is 0 Å². The third kappa shape index (κ3) is 9.25. The third-order valence-corrected chi connectivity index (χ3v) is 4.32. The summed E-state index contributed by atoms with van der Waals surface area (Å²) in [6.45, 7) is 0. The number of methoxy groups -OCH3 is 1. The van der Waals surface area contributed by atoms with E-state index in [2.05, 4.69) is 15.9 Å².